The minimum Gasteiger partial charge on any atom is -0.465 e. The Morgan fingerprint density at radius 2 is 2.00 bits per heavy atom. The molecule has 1 N–H and O–H groups in total. The molecule has 4 heteroatoms. The van der Waals surface area contributed by atoms with Crippen LogP contribution in [-0.4, -0.2) is 22.8 Å². The lowest BCUT2D eigenvalue weighted by atomic mass is 10.1. The quantitative estimate of drug-likeness (QED) is 0.751. The molecule has 0 aliphatic heterocycles. The maximum absolute atomic E-state index is 11.8. The molecular weight excluding hydrogens is 278 g/mol. The summed E-state index contributed by atoms with van der Waals surface area (Å²) in [6.45, 7) is 4.21. The van der Waals surface area contributed by atoms with Crippen LogP contribution in [0.15, 0.2) is 36.4 Å². The summed E-state index contributed by atoms with van der Waals surface area (Å²) in [4.78, 5) is 11.8. The zero-order valence-electron chi connectivity index (χ0n) is 13.0. The Hall–Kier alpha value is -2.33. The third kappa shape index (κ3) is 2.07. The summed E-state index contributed by atoms with van der Waals surface area (Å²) in [7, 11) is 1.38. The van der Waals surface area contributed by atoms with Crippen molar-refractivity contribution in [1.82, 2.24) is 4.57 Å². The van der Waals surface area contributed by atoms with Crippen molar-refractivity contribution in [3.8, 4) is 0 Å². The molecule has 0 aliphatic rings. The number of benzene rings is 2. The van der Waals surface area contributed by atoms with E-state index in [0.29, 0.717) is 5.56 Å². The molecule has 0 bridgehead atoms. The van der Waals surface area contributed by atoms with Gasteiger partial charge in [0.1, 0.15) is 0 Å². The average Bonchev–Trinajstić information content (AvgIpc) is 2.87. The highest BCUT2D eigenvalue weighted by Crippen LogP contribution is 2.34. The molecule has 0 radical (unpaired) electrons. The summed E-state index contributed by atoms with van der Waals surface area (Å²) in [5.74, 6) is -0.343. The summed E-state index contributed by atoms with van der Waals surface area (Å²) in [6.07, 6.45) is 0. The summed E-state index contributed by atoms with van der Waals surface area (Å²) in [6, 6.07) is 11.7. The molecule has 0 fully saturated rings. The van der Waals surface area contributed by atoms with Crippen molar-refractivity contribution in [1.29, 1.82) is 0 Å². The van der Waals surface area contributed by atoms with Crippen LogP contribution in [0.25, 0.3) is 21.8 Å². The zero-order chi connectivity index (χ0) is 15.9. The second kappa shape index (κ2) is 5.46. The van der Waals surface area contributed by atoms with E-state index in [2.05, 4.69) is 18.4 Å². The van der Waals surface area contributed by atoms with Crippen LogP contribution in [0.1, 0.15) is 35.8 Å². The molecule has 0 saturated heterocycles. The van der Waals surface area contributed by atoms with Crippen LogP contribution in [0.3, 0.4) is 0 Å². The number of aromatic nitrogens is 1. The highest BCUT2D eigenvalue weighted by molar-refractivity contribution is 6.11. The number of hydrogen-bond acceptors (Lipinski definition) is 3. The smallest absolute Gasteiger partial charge is 0.337 e. The van der Waals surface area contributed by atoms with E-state index in [0.717, 1.165) is 27.4 Å². The lowest BCUT2D eigenvalue weighted by Gasteiger charge is -2.12. The van der Waals surface area contributed by atoms with Gasteiger partial charge in [-0.1, -0.05) is 18.2 Å². The predicted octanol–water partition coefficient (Wildman–Crippen LogP) is 3.65. The van der Waals surface area contributed by atoms with E-state index in [9.17, 15) is 9.90 Å². The minimum atomic E-state index is -0.343. The van der Waals surface area contributed by atoms with Crippen molar-refractivity contribution < 1.29 is 14.6 Å². The van der Waals surface area contributed by atoms with Crippen LogP contribution >= 0.6 is 0 Å². The summed E-state index contributed by atoms with van der Waals surface area (Å²) in [5.41, 5.74) is 3.48. The van der Waals surface area contributed by atoms with Crippen molar-refractivity contribution in [2.24, 2.45) is 0 Å². The van der Waals surface area contributed by atoms with Crippen molar-refractivity contribution in [2.75, 3.05) is 7.11 Å². The standard InChI is InChI=1S/C18H19NO3/c1-11(2)19-15-6-4-5-13(10-20)17(15)14-8-7-12(9-16(14)19)18(21)22-3/h4-9,11,20H,10H2,1-3H3. The maximum Gasteiger partial charge on any atom is 0.337 e. The van der Waals surface area contributed by atoms with Gasteiger partial charge in [0.15, 0.2) is 0 Å². The molecule has 3 aromatic rings. The minimum absolute atomic E-state index is 0.00665. The molecule has 4 nitrogen and oxygen atoms in total. The predicted molar refractivity (Wildman–Crippen MR) is 87.1 cm³/mol. The van der Waals surface area contributed by atoms with Crippen molar-refractivity contribution >= 4 is 27.8 Å². The molecule has 22 heavy (non-hydrogen) atoms. The molecule has 114 valence electrons. The van der Waals surface area contributed by atoms with Gasteiger partial charge in [-0.15, -0.1) is 0 Å². The van der Waals surface area contributed by atoms with Crippen LogP contribution in [0.4, 0.5) is 0 Å². The lowest BCUT2D eigenvalue weighted by molar-refractivity contribution is 0.0601. The lowest BCUT2D eigenvalue weighted by Crippen LogP contribution is -2.03. The molecule has 1 aromatic heterocycles. The van der Waals surface area contributed by atoms with Gasteiger partial charge < -0.3 is 14.4 Å². The summed E-state index contributed by atoms with van der Waals surface area (Å²) >= 11 is 0. The molecule has 0 amide bonds. The molecule has 3 rings (SSSR count). The van der Waals surface area contributed by atoms with E-state index in [-0.39, 0.29) is 18.6 Å². The maximum atomic E-state index is 11.8. The van der Waals surface area contributed by atoms with Gasteiger partial charge in [-0.25, -0.2) is 4.79 Å². The first-order chi connectivity index (χ1) is 10.6. The number of carbonyl (C=O) groups excluding carboxylic acids is 1. The first kappa shape index (κ1) is 14.6. The topological polar surface area (TPSA) is 51.5 Å². The Balaban J connectivity index is 2.45. The Morgan fingerprint density at radius 1 is 1.23 bits per heavy atom. The van der Waals surface area contributed by atoms with E-state index >= 15 is 0 Å². The van der Waals surface area contributed by atoms with Gasteiger partial charge in [0.25, 0.3) is 0 Å². The number of fused-ring (bicyclic) bond motifs is 3. The third-order valence-corrected chi connectivity index (χ3v) is 4.02. The van der Waals surface area contributed by atoms with Gasteiger partial charge in [-0.2, -0.15) is 0 Å². The molecule has 1 heterocycles. The molecule has 0 atom stereocenters. The third-order valence-electron chi connectivity index (χ3n) is 4.02. The van der Waals surface area contributed by atoms with Crippen LogP contribution in [0.5, 0.6) is 0 Å². The van der Waals surface area contributed by atoms with Crippen molar-refractivity contribution in [2.45, 2.75) is 26.5 Å². The Kier molecular flexibility index (Phi) is 3.62. The number of nitrogens with zero attached hydrogens (tertiary/aromatic N) is 1. The number of methoxy groups -OCH3 is 1. The molecule has 0 aliphatic carbocycles. The van der Waals surface area contributed by atoms with Crippen molar-refractivity contribution in [3.05, 3.63) is 47.5 Å². The second-order valence-electron chi connectivity index (χ2n) is 5.66. The number of aliphatic hydroxyl groups is 1. The fourth-order valence-electron chi connectivity index (χ4n) is 3.10. The van der Waals surface area contributed by atoms with Gasteiger partial charge in [0.2, 0.25) is 0 Å². The van der Waals surface area contributed by atoms with E-state index in [1.807, 2.05) is 30.3 Å². The monoisotopic (exact) mass is 297 g/mol. The Bertz CT molecular complexity index is 862. The van der Waals surface area contributed by atoms with E-state index in [1.165, 1.54) is 7.11 Å². The van der Waals surface area contributed by atoms with Crippen LogP contribution < -0.4 is 0 Å². The van der Waals surface area contributed by atoms with Gasteiger partial charge >= 0.3 is 5.97 Å². The Morgan fingerprint density at radius 3 is 2.64 bits per heavy atom. The number of ether oxygens (including phenoxy) is 1. The van der Waals surface area contributed by atoms with Crippen LogP contribution in [0, 0.1) is 0 Å². The summed E-state index contributed by atoms with van der Waals surface area (Å²) < 4.78 is 7.01. The number of carbonyl (C=O) groups is 1. The molecule has 0 spiro atoms. The fourth-order valence-corrected chi connectivity index (χ4v) is 3.10. The molecule has 0 saturated carbocycles. The van der Waals surface area contributed by atoms with Gasteiger partial charge in [0, 0.05) is 22.3 Å². The number of aliphatic hydroxyl groups excluding tert-OH is 1. The highest BCUT2D eigenvalue weighted by atomic mass is 16.5. The van der Waals surface area contributed by atoms with Crippen molar-refractivity contribution in [3.63, 3.8) is 0 Å². The number of hydrogen-bond donors (Lipinski definition) is 1. The zero-order valence-corrected chi connectivity index (χ0v) is 13.0. The normalized spacial score (nSPS) is 11.5. The fraction of sp³-hybridized carbons (Fsp3) is 0.278. The van der Waals surface area contributed by atoms with Gasteiger partial charge in [-0.3, -0.25) is 0 Å². The first-order valence-electron chi connectivity index (χ1n) is 7.33. The van der Waals surface area contributed by atoms with Gasteiger partial charge in [-0.05, 0) is 37.6 Å². The SMILES string of the molecule is COC(=O)c1ccc2c3c(CO)cccc3n(C(C)C)c2c1. The largest absolute Gasteiger partial charge is 0.465 e. The van der Waals surface area contributed by atoms with E-state index < -0.39 is 0 Å². The number of rotatable bonds is 3. The summed E-state index contributed by atoms with van der Waals surface area (Å²) in [5, 5.41) is 11.7. The average molecular weight is 297 g/mol. The number of esters is 1. The van der Waals surface area contributed by atoms with Crippen LogP contribution in [0.2, 0.25) is 0 Å². The molecular formula is C18H19NO3. The van der Waals surface area contributed by atoms with Crippen LogP contribution in [-0.2, 0) is 11.3 Å². The van der Waals surface area contributed by atoms with Gasteiger partial charge in [0.05, 0.1) is 24.8 Å². The molecule has 0 unspecified atom stereocenters. The highest BCUT2D eigenvalue weighted by Gasteiger charge is 2.17. The molecule has 2 aromatic carbocycles. The second-order valence-corrected chi connectivity index (χ2v) is 5.66. The van der Waals surface area contributed by atoms with E-state index in [4.69, 9.17) is 4.74 Å². The first-order valence-corrected chi connectivity index (χ1v) is 7.33. The van der Waals surface area contributed by atoms with E-state index in [1.54, 1.807) is 6.07 Å². The Labute approximate surface area is 128 Å².